The van der Waals surface area contributed by atoms with Gasteiger partial charge in [0.05, 0.1) is 6.61 Å². The lowest BCUT2D eigenvalue weighted by molar-refractivity contribution is -0.139. The number of hydrogen-bond donors (Lipinski definition) is 2. The van der Waals surface area contributed by atoms with E-state index in [1.54, 1.807) is 25.1 Å². The number of amides is 1. The maximum atomic E-state index is 12.4. The summed E-state index contributed by atoms with van der Waals surface area (Å²) in [5.74, 6) is -0.613. The van der Waals surface area contributed by atoms with Crippen molar-refractivity contribution in [3.63, 3.8) is 0 Å². The summed E-state index contributed by atoms with van der Waals surface area (Å²) >= 11 is 0. The molecule has 0 radical (unpaired) electrons. The Labute approximate surface area is 136 Å². The van der Waals surface area contributed by atoms with E-state index in [9.17, 15) is 9.59 Å². The molecule has 0 unspecified atom stereocenters. The van der Waals surface area contributed by atoms with Crippen LogP contribution in [0.5, 0.6) is 11.5 Å². The van der Waals surface area contributed by atoms with E-state index in [-0.39, 0.29) is 11.4 Å². The molecule has 23 heavy (non-hydrogen) atoms. The molecule has 0 saturated carbocycles. The van der Waals surface area contributed by atoms with Gasteiger partial charge in [-0.3, -0.25) is 4.79 Å². The van der Waals surface area contributed by atoms with E-state index in [1.165, 1.54) is 0 Å². The van der Waals surface area contributed by atoms with Crippen LogP contribution in [0.25, 0.3) is 0 Å². The molecule has 0 atom stereocenters. The molecule has 0 spiro atoms. The third-order valence-corrected chi connectivity index (χ3v) is 3.18. The van der Waals surface area contributed by atoms with Crippen LogP contribution in [0, 0.1) is 0 Å². The molecule has 0 heterocycles. The van der Waals surface area contributed by atoms with Crippen molar-refractivity contribution in [2.24, 2.45) is 0 Å². The molecule has 6 nitrogen and oxygen atoms in total. The van der Waals surface area contributed by atoms with E-state index in [2.05, 4.69) is 12.2 Å². The molecule has 128 valence electrons. The van der Waals surface area contributed by atoms with Gasteiger partial charge in [-0.05, 0) is 45.4 Å². The van der Waals surface area contributed by atoms with Gasteiger partial charge in [0.25, 0.3) is 5.91 Å². The molecule has 0 aliphatic rings. The first kappa shape index (κ1) is 18.8. The van der Waals surface area contributed by atoms with Crippen LogP contribution in [-0.4, -0.2) is 35.7 Å². The summed E-state index contributed by atoms with van der Waals surface area (Å²) in [4.78, 5) is 23.0. The Morgan fingerprint density at radius 2 is 1.87 bits per heavy atom. The predicted octanol–water partition coefficient (Wildman–Crippen LogP) is 2.86. The highest BCUT2D eigenvalue weighted by atomic mass is 16.5. The summed E-state index contributed by atoms with van der Waals surface area (Å²) < 4.78 is 10.6. The molecule has 1 rings (SSSR count). The second-order valence-electron chi connectivity index (χ2n) is 5.86. The zero-order chi connectivity index (χ0) is 17.5. The summed E-state index contributed by atoms with van der Waals surface area (Å²) in [7, 11) is 0. The van der Waals surface area contributed by atoms with Crippen molar-refractivity contribution >= 4 is 11.9 Å². The Hall–Kier alpha value is -2.24. The van der Waals surface area contributed by atoms with Gasteiger partial charge in [-0.2, -0.15) is 0 Å². The van der Waals surface area contributed by atoms with Crippen LogP contribution in [0.1, 0.15) is 50.9 Å². The van der Waals surface area contributed by atoms with E-state index in [0.717, 1.165) is 12.8 Å². The van der Waals surface area contributed by atoms with Gasteiger partial charge in [-0.15, -0.1) is 0 Å². The van der Waals surface area contributed by atoms with E-state index >= 15 is 0 Å². The van der Waals surface area contributed by atoms with Crippen LogP contribution in [0.4, 0.5) is 0 Å². The number of nitrogens with one attached hydrogen (secondary N) is 1. The van der Waals surface area contributed by atoms with Crippen molar-refractivity contribution in [2.45, 2.75) is 46.1 Å². The van der Waals surface area contributed by atoms with E-state index < -0.39 is 12.6 Å². The van der Waals surface area contributed by atoms with Gasteiger partial charge < -0.3 is 19.9 Å². The van der Waals surface area contributed by atoms with E-state index in [0.29, 0.717) is 23.7 Å². The highest BCUT2D eigenvalue weighted by molar-refractivity contribution is 5.95. The molecule has 2 N–H and O–H groups in total. The van der Waals surface area contributed by atoms with Crippen LogP contribution in [-0.2, 0) is 4.79 Å². The maximum absolute atomic E-state index is 12.4. The SMILES string of the molecule is CCCC(C)(C)NC(=O)c1ccc(OCC(=O)O)c(OCC)c1. The van der Waals surface area contributed by atoms with Crippen molar-refractivity contribution < 1.29 is 24.2 Å². The zero-order valence-corrected chi connectivity index (χ0v) is 14.1. The third-order valence-electron chi connectivity index (χ3n) is 3.18. The first-order valence-electron chi connectivity index (χ1n) is 7.73. The number of carbonyl (C=O) groups excluding carboxylic acids is 1. The monoisotopic (exact) mass is 323 g/mol. The molecule has 0 fully saturated rings. The van der Waals surface area contributed by atoms with Crippen LogP contribution in [0.15, 0.2) is 18.2 Å². The number of benzene rings is 1. The first-order valence-corrected chi connectivity index (χ1v) is 7.73. The zero-order valence-electron chi connectivity index (χ0n) is 14.1. The number of carbonyl (C=O) groups is 2. The van der Waals surface area contributed by atoms with Crippen LogP contribution in [0.3, 0.4) is 0 Å². The molecule has 1 aromatic rings. The molecular weight excluding hydrogens is 298 g/mol. The molecule has 1 amide bonds. The minimum atomic E-state index is -1.07. The first-order chi connectivity index (χ1) is 10.8. The highest BCUT2D eigenvalue weighted by Gasteiger charge is 2.21. The average molecular weight is 323 g/mol. The van der Waals surface area contributed by atoms with E-state index in [4.69, 9.17) is 14.6 Å². The summed E-state index contributed by atoms with van der Waals surface area (Å²) in [6.07, 6.45) is 1.84. The predicted molar refractivity (Wildman–Crippen MR) is 87.2 cm³/mol. The molecule has 0 aliphatic carbocycles. The van der Waals surface area contributed by atoms with Crippen molar-refractivity contribution in [3.05, 3.63) is 23.8 Å². The molecule has 0 aliphatic heterocycles. The van der Waals surface area contributed by atoms with Crippen LogP contribution in [0.2, 0.25) is 0 Å². The summed E-state index contributed by atoms with van der Waals surface area (Å²) in [6.45, 7) is 7.74. The Balaban J connectivity index is 2.93. The normalized spacial score (nSPS) is 11.0. The van der Waals surface area contributed by atoms with Gasteiger partial charge in [-0.1, -0.05) is 13.3 Å². The van der Waals surface area contributed by atoms with Crippen molar-refractivity contribution in [3.8, 4) is 11.5 Å². The van der Waals surface area contributed by atoms with Gasteiger partial charge in [0, 0.05) is 11.1 Å². The van der Waals surface area contributed by atoms with Gasteiger partial charge in [0.2, 0.25) is 0 Å². The van der Waals surface area contributed by atoms with Gasteiger partial charge >= 0.3 is 5.97 Å². The van der Waals surface area contributed by atoms with Crippen molar-refractivity contribution in [2.75, 3.05) is 13.2 Å². The smallest absolute Gasteiger partial charge is 0.341 e. The topological polar surface area (TPSA) is 84.9 Å². The molecule has 1 aromatic carbocycles. The number of rotatable bonds is 9. The minimum Gasteiger partial charge on any atom is -0.490 e. The van der Waals surface area contributed by atoms with Gasteiger partial charge in [0.15, 0.2) is 18.1 Å². The Bertz CT molecular complexity index is 554. The Morgan fingerprint density at radius 1 is 1.17 bits per heavy atom. The highest BCUT2D eigenvalue weighted by Crippen LogP contribution is 2.28. The molecular formula is C17H25NO5. The average Bonchev–Trinajstić information content (AvgIpc) is 2.45. The lowest BCUT2D eigenvalue weighted by Crippen LogP contribution is -2.43. The fourth-order valence-electron chi connectivity index (χ4n) is 2.24. The Kier molecular flexibility index (Phi) is 6.88. The Morgan fingerprint density at radius 3 is 2.43 bits per heavy atom. The van der Waals surface area contributed by atoms with Crippen LogP contribution >= 0.6 is 0 Å². The second-order valence-corrected chi connectivity index (χ2v) is 5.86. The van der Waals surface area contributed by atoms with Gasteiger partial charge in [0.1, 0.15) is 0 Å². The lowest BCUT2D eigenvalue weighted by atomic mass is 9.98. The number of carboxylic acid groups (broad SMARTS) is 1. The van der Waals surface area contributed by atoms with E-state index in [1.807, 2.05) is 13.8 Å². The number of aliphatic carboxylic acids is 1. The number of ether oxygens (including phenoxy) is 2. The molecule has 0 saturated heterocycles. The van der Waals surface area contributed by atoms with Crippen molar-refractivity contribution in [1.29, 1.82) is 0 Å². The number of hydrogen-bond acceptors (Lipinski definition) is 4. The summed E-state index contributed by atoms with van der Waals surface area (Å²) in [5.41, 5.74) is 0.149. The van der Waals surface area contributed by atoms with Crippen molar-refractivity contribution in [1.82, 2.24) is 5.32 Å². The standard InChI is InChI=1S/C17H25NO5/c1-5-9-17(3,4)18-16(21)12-7-8-13(23-11-15(19)20)14(10-12)22-6-2/h7-8,10H,5-6,9,11H2,1-4H3,(H,18,21)(H,19,20). The fourth-order valence-corrected chi connectivity index (χ4v) is 2.24. The largest absolute Gasteiger partial charge is 0.490 e. The fraction of sp³-hybridized carbons (Fsp3) is 0.529. The number of carboxylic acids is 1. The molecule has 0 bridgehead atoms. The molecule has 6 heteroatoms. The second kappa shape index (κ2) is 8.41. The summed E-state index contributed by atoms with van der Waals surface area (Å²) in [6, 6.07) is 4.71. The summed E-state index contributed by atoms with van der Waals surface area (Å²) in [5, 5.41) is 11.7. The quantitative estimate of drug-likeness (QED) is 0.730. The minimum absolute atomic E-state index is 0.200. The molecule has 0 aromatic heterocycles. The third kappa shape index (κ3) is 6.18. The maximum Gasteiger partial charge on any atom is 0.341 e. The van der Waals surface area contributed by atoms with Crippen LogP contribution < -0.4 is 14.8 Å². The lowest BCUT2D eigenvalue weighted by Gasteiger charge is -2.26. The van der Waals surface area contributed by atoms with Gasteiger partial charge in [-0.25, -0.2) is 4.79 Å².